The molecule has 1 heterocycles. The molecule has 0 unspecified atom stereocenters. The fourth-order valence-electron chi connectivity index (χ4n) is 3.03. The van der Waals surface area contributed by atoms with Crippen LogP contribution in [0.15, 0.2) is 18.2 Å². The van der Waals surface area contributed by atoms with Crippen LogP contribution in [0.4, 0.5) is 5.69 Å². The third-order valence-corrected chi connectivity index (χ3v) is 4.03. The van der Waals surface area contributed by atoms with Gasteiger partial charge in [-0.3, -0.25) is 4.79 Å². The summed E-state index contributed by atoms with van der Waals surface area (Å²) in [5, 5.41) is 6.36. The number of hydrogen-bond donors (Lipinski definition) is 2. The zero-order valence-electron chi connectivity index (χ0n) is 11.1. The number of aryl methyl sites for hydroxylation is 1. The smallest absolute Gasteiger partial charge is 0.241 e. The minimum Gasteiger partial charge on any atom is -0.324 e. The summed E-state index contributed by atoms with van der Waals surface area (Å²) >= 11 is 0. The maximum absolute atomic E-state index is 12.1. The van der Waals surface area contributed by atoms with Gasteiger partial charge in [0, 0.05) is 5.69 Å². The van der Waals surface area contributed by atoms with Crippen LogP contribution >= 0.6 is 12.4 Å². The van der Waals surface area contributed by atoms with E-state index in [4.69, 9.17) is 0 Å². The number of halogens is 1. The average molecular weight is 281 g/mol. The van der Waals surface area contributed by atoms with E-state index in [0.29, 0.717) is 0 Å². The molecule has 1 aliphatic carbocycles. The van der Waals surface area contributed by atoms with Gasteiger partial charge in [0.15, 0.2) is 0 Å². The Morgan fingerprint density at radius 1 is 1.21 bits per heavy atom. The Kier molecular flexibility index (Phi) is 4.83. The summed E-state index contributed by atoms with van der Waals surface area (Å²) in [6.07, 6.45) is 6.83. The lowest BCUT2D eigenvalue weighted by molar-refractivity contribution is -0.117. The van der Waals surface area contributed by atoms with Crippen molar-refractivity contribution in [2.75, 3.05) is 11.9 Å². The minimum atomic E-state index is 0. The molecule has 0 bridgehead atoms. The largest absolute Gasteiger partial charge is 0.324 e. The Morgan fingerprint density at radius 2 is 2.05 bits per heavy atom. The Labute approximate surface area is 120 Å². The molecule has 104 valence electrons. The Morgan fingerprint density at radius 3 is 2.84 bits per heavy atom. The van der Waals surface area contributed by atoms with Crippen molar-refractivity contribution in [2.45, 2.75) is 44.6 Å². The molecule has 1 saturated heterocycles. The molecule has 0 saturated carbocycles. The highest BCUT2D eigenvalue weighted by Crippen LogP contribution is 2.28. The highest BCUT2D eigenvalue weighted by Gasteiger charge is 2.23. The van der Waals surface area contributed by atoms with Crippen molar-refractivity contribution in [3.63, 3.8) is 0 Å². The molecule has 2 aliphatic rings. The topological polar surface area (TPSA) is 41.1 Å². The van der Waals surface area contributed by atoms with Gasteiger partial charge in [0.05, 0.1) is 6.04 Å². The number of amides is 1. The van der Waals surface area contributed by atoms with E-state index in [9.17, 15) is 4.79 Å². The first-order valence-electron chi connectivity index (χ1n) is 6.99. The predicted octanol–water partition coefficient (Wildman–Crippen LogP) is 2.68. The van der Waals surface area contributed by atoms with Gasteiger partial charge in [0.25, 0.3) is 0 Å². The third kappa shape index (κ3) is 3.10. The maximum Gasteiger partial charge on any atom is 0.241 e. The molecule has 3 rings (SSSR count). The second-order valence-electron chi connectivity index (χ2n) is 5.29. The number of nitrogens with one attached hydrogen (secondary N) is 2. The van der Waals surface area contributed by atoms with Crippen LogP contribution in [0.3, 0.4) is 0 Å². The first-order valence-corrected chi connectivity index (χ1v) is 6.99. The second-order valence-corrected chi connectivity index (χ2v) is 5.29. The number of anilines is 1. The zero-order chi connectivity index (χ0) is 12.4. The molecule has 2 N–H and O–H groups in total. The summed E-state index contributed by atoms with van der Waals surface area (Å²) in [5.41, 5.74) is 3.81. The molecule has 3 nitrogen and oxygen atoms in total. The van der Waals surface area contributed by atoms with Crippen LogP contribution in [0, 0.1) is 0 Å². The highest BCUT2D eigenvalue weighted by atomic mass is 35.5. The predicted molar refractivity (Wildman–Crippen MR) is 80.0 cm³/mol. The van der Waals surface area contributed by atoms with E-state index >= 15 is 0 Å². The van der Waals surface area contributed by atoms with E-state index in [2.05, 4.69) is 22.8 Å². The van der Waals surface area contributed by atoms with Crippen LogP contribution in [-0.2, 0) is 17.6 Å². The molecule has 1 aromatic carbocycles. The Hall–Kier alpha value is -1.06. The number of carbonyl (C=O) groups is 1. The number of carbonyl (C=O) groups excluding carboxylic acids is 1. The normalized spacial score (nSPS) is 21.4. The van der Waals surface area contributed by atoms with Crippen molar-refractivity contribution in [3.8, 4) is 0 Å². The van der Waals surface area contributed by atoms with Crippen molar-refractivity contribution in [1.82, 2.24) is 5.32 Å². The van der Waals surface area contributed by atoms with Gasteiger partial charge in [0.1, 0.15) is 0 Å². The quantitative estimate of drug-likeness (QED) is 0.874. The van der Waals surface area contributed by atoms with Crippen molar-refractivity contribution in [1.29, 1.82) is 0 Å². The Balaban J connectivity index is 0.00000133. The average Bonchev–Trinajstić information content (AvgIpc) is 2.93. The lowest BCUT2D eigenvalue weighted by Crippen LogP contribution is -2.35. The number of rotatable bonds is 2. The molecular formula is C15H21ClN2O. The van der Waals surface area contributed by atoms with Crippen LogP contribution in [-0.4, -0.2) is 18.5 Å². The van der Waals surface area contributed by atoms with Gasteiger partial charge in [-0.2, -0.15) is 0 Å². The molecule has 1 amide bonds. The molecule has 1 atom stereocenters. The van der Waals surface area contributed by atoms with Gasteiger partial charge >= 0.3 is 0 Å². The summed E-state index contributed by atoms with van der Waals surface area (Å²) < 4.78 is 0. The summed E-state index contributed by atoms with van der Waals surface area (Å²) in [5.74, 6) is 0.131. The molecule has 1 aliphatic heterocycles. The SMILES string of the molecule is Cl.O=C(Nc1cccc2c1CCCC2)[C@@H]1CCCN1. The van der Waals surface area contributed by atoms with E-state index in [1.165, 1.54) is 24.0 Å². The monoisotopic (exact) mass is 280 g/mol. The number of hydrogen-bond acceptors (Lipinski definition) is 2. The van der Waals surface area contributed by atoms with Gasteiger partial charge in [-0.1, -0.05) is 12.1 Å². The van der Waals surface area contributed by atoms with Crippen LogP contribution in [0.2, 0.25) is 0 Å². The zero-order valence-corrected chi connectivity index (χ0v) is 11.9. The molecule has 0 radical (unpaired) electrons. The standard InChI is InChI=1S/C15H20N2O.ClH/c18-15(14-9-4-10-16-14)17-13-8-3-6-11-5-1-2-7-12(11)13;/h3,6,8,14,16H,1-2,4-5,7,9-10H2,(H,17,18);1H/t14-;/m0./s1. The van der Waals surface area contributed by atoms with Crippen molar-refractivity contribution >= 4 is 24.0 Å². The second kappa shape index (κ2) is 6.40. The fraction of sp³-hybridized carbons (Fsp3) is 0.533. The van der Waals surface area contributed by atoms with Crippen molar-refractivity contribution < 1.29 is 4.79 Å². The van der Waals surface area contributed by atoms with Gasteiger partial charge in [-0.05, 0) is 62.3 Å². The molecule has 0 spiro atoms. The van der Waals surface area contributed by atoms with E-state index < -0.39 is 0 Å². The summed E-state index contributed by atoms with van der Waals surface area (Å²) in [4.78, 5) is 12.1. The molecule has 19 heavy (non-hydrogen) atoms. The lowest BCUT2D eigenvalue weighted by atomic mass is 9.90. The molecule has 1 aromatic rings. The minimum absolute atomic E-state index is 0. The van der Waals surface area contributed by atoms with Crippen molar-refractivity contribution in [2.24, 2.45) is 0 Å². The number of benzene rings is 1. The lowest BCUT2D eigenvalue weighted by Gasteiger charge is -2.20. The summed E-state index contributed by atoms with van der Waals surface area (Å²) in [7, 11) is 0. The van der Waals surface area contributed by atoms with E-state index in [0.717, 1.165) is 37.9 Å². The van der Waals surface area contributed by atoms with Crippen LogP contribution < -0.4 is 10.6 Å². The van der Waals surface area contributed by atoms with E-state index in [1.807, 2.05) is 6.07 Å². The van der Waals surface area contributed by atoms with E-state index in [1.54, 1.807) is 0 Å². The van der Waals surface area contributed by atoms with Crippen LogP contribution in [0.25, 0.3) is 0 Å². The molecule has 4 heteroatoms. The van der Waals surface area contributed by atoms with Crippen molar-refractivity contribution in [3.05, 3.63) is 29.3 Å². The molecule has 0 aromatic heterocycles. The first-order chi connectivity index (χ1) is 8.84. The molecule has 1 fully saturated rings. The van der Waals surface area contributed by atoms with Gasteiger partial charge in [0.2, 0.25) is 5.91 Å². The Bertz CT molecular complexity index is 455. The third-order valence-electron chi connectivity index (χ3n) is 4.03. The molecular weight excluding hydrogens is 260 g/mol. The summed E-state index contributed by atoms with van der Waals surface area (Å²) in [6, 6.07) is 6.29. The fourth-order valence-corrected chi connectivity index (χ4v) is 3.03. The van der Waals surface area contributed by atoms with Gasteiger partial charge in [-0.25, -0.2) is 0 Å². The van der Waals surface area contributed by atoms with Crippen LogP contribution in [0.5, 0.6) is 0 Å². The van der Waals surface area contributed by atoms with E-state index in [-0.39, 0.29) is 24.4 Å². The maximum atomic E-state index is 12.1. The number of fused-ring (bicyclic) bond motifs is 1. The first kappa shape index (κ1) is 14.4. The van der Waals surface area contributed by atoms with Gasteiger partial charge < -0.3 is 10.6 Å². The highest BCUT2D eigenvalue weighted by molar-refractivity contribution is 5.95. The van der Waals surface area contributed by atoms with Crippen LogP contribution in [0.1, 0.15) is 36.8 Å². The van der Waals surface area contributed by atoms with Gasteiger partial charge in [-0.15, -0.1) is 12.4 Å². The summed E-state index contributed by atoms with van der Waals surface area (Å²) in [6.45, 7) is 0.963.